The summed E-state index contributed by atoms with van der Waals surface area (Å²) in [5.41, 5.74) is 8.07. The third-order valence-electron chi connectivity index (χ3n) is 16.4. The fourth-order valence-electron chi connectivity index (χ4n) is 10.9. The monoisotopic (exact) mass is 1300 g/mol. The number of carbonyl (C=O) groups excluding carboxylic acids is 5. The molecule has 0 unspecified atom stereocenters. The maximum absolute atomic E-state index is 14.2. The van der Waals surface area contributed by atoms with Crippen molar-refractivity contribution in [2.45, 2.75) is 135 Å². The molecular weight excluding hydrogens is 1220 g/mol. The zero-order chi connectivity index (χ0) is 66.6. The molecule has 8 bridgehead atoms. The van der Waals surface area contributed by atoms with Crippen LogP contribution in [0, 0.1) is 28.6 Å². The number of benzene rings is 4. The molecule has 4 aromatic heterocycles. The van der Waals surface area contributed by atoms with Gasteiger partial charge in [0.2, 0.25) is 23.6 Å². The summed E-state index contributed by atoms with van der Waals surface area (Å²) >= 11 is 0. The maximum Gasteiger partial charge on any atom is 2.00 e. The van der Waals surface area contributed by atoms with Crippen LogP contribution >= 0.6 is 0 Å². The van der Waals surface area contributed by atoms with Gasteiger partial charge in [0.1, 0.15) is 12.4 Å². The predicted molar refractivity (Wildman–Crippen MR) is 375 cm³/mol. The minimum absolute atomic E-state index is 0. The Morgan fingerprint density at radius 1 is 0.457 bits per heavy atom. The van der Waals surface area contributed by atoms with Crippen molar-refractivity contribution in [1.29, 1.82) is 0 Å². The smallest absolute Gasteiger partial charge is 0.657 e. The summed E-state index contributed by atoms with van der Waals surface area (Å²) in [7, 11) is 0. The summed E-state index contributed by atoms with van der Waals surface area (Å²) in [5, 5.41) is 12.9. The topological polar surface area (TPSA) is 214 Å². The SMILES string of the molecule is Cc1nccn1CCCCCCCC(=O)OCC1=Cc2nc1c(-c1ccccc1NC(=O)C(C)(C)C)c1ccc([n-]1)c(-c1ccccc1NC(=O)C(C)(C)C)c1nc(c(-c3ccccc3NC(=O)C(C)(C)C)c3ccc([n-]3)c2-c2ccccc2NC(=O)C(C)(C)C)C=C1.[Fe+2]. The van der Waals surface area contributed by atoms with E-state index in [0.29, 0.717) is 124 Å². The van der Waals surface area contributed by atoms with Crippen LogP contribution in [-0.2, 0) is 52.3 Å². The number of amides is 4. The molecule has 4 N–H and O–H groups in total. The molecule has 17 heteroatoms. The van der Waals surface area contributed by atoms with Gasteiger partial charge in [0.25, 0.3) is 0 Å². The zero-order valence-electron chi connectivity index (χ0n) is 56.1. The summed E-state index contributed by atoms with van der Waals surface area (Å²) in [6.07, 6.45) is 14.3. The van der Waals surface area contributed by atoms with Crippen LogP contribution in [0.15, 0.2) is 134 Å². The van der Waals surface area contributed by atoms with E-state index in [1.807, 2.05) is 242 Å². The number of imidazole rings is 1. The largest absolute Gasteiger partial charge is 2.00 e. The molecule has 0 spiro atoms. The Kier molecular flexibility index (Phi) is 20.8. The Balaban J connectivity index is 0.0000104. The molecule has 2 aliphatic heterocycles. The molecule has 2 aliphatic rings. The second-order valence-electron chi connectivity index (χ2n) is 28.0. The second kappa shape index (κ2) is 28.4. The normalized spacial score (nSPS) is 12.4. The molecule has 0 saturated carbocycles. The molecule has 0 radical (unpaired) electrons. The summed E-state index contributed by atoms with van der Waals surface area (Å²) in [6.45, 7) is 25.0. The van der Waals surface area contributed by atoms with Crippen LogP contribution in [0.2, 0.25) is 0 Å². The van der Waals surface area contributed by atoms with E-state index in [1.165, 1.54) is 0 Å². The molecular formula is C77H84FeN10O6. The van der Waals surface area contributed by atoms with Gasteiger partial charge in [-0.25, -0.2) is 15.0 Å². The van der Waals surface area contributed by atoms with Crippen LogP contribution in [0.3, 0.4) is 0 Å². The van der Waals surface area contributed by atoms with Crippen LogP contribution < -0.4 is 31.2 Å². The molecule has 4 amide bonds. The molecule has 0 fully saturated rings. The number of hydrogen-bond donors (Lipinski definition) is 4. The van der Waals surface area contributed by atoms with Crippen molar-refractivity contribution in [2.24, 2.45) is 21.7 Å². The van der Waals surface area contributed by atoms with Crippen LogP contribution in [0.5, 0.6) is 0 Å². The molecule has 16 nitrogen and oxygen atoms in total. The fourth-order valence-corrected chi connectivity index (χ4v) is 10.9. The Bertz CT molecular complexity index is 4440. The first-order valence-electron chi connectivity index (χ1n) is 32.0. The number of esters is 1. The number of anilines is 4. The number of aryl methyl sites for hydroxylation is 2. The van der Waals surface area contributed by atoms with E-state index < -0.39 is 21.7 Å². The van der Waals surface area contributed by atoms with Gasteiger partial charge in [-0.15, -0.1) is 22.1 Å². The van der Waals surface area contributed by atoms with Crippen LogP contribution in [-0.4, -0.2) is 55.7 Å². The summed E-state index contributed by atoms with van der Waals surface area (Å²) < 4.78 is 8.49. The number of unbranched alkanes of at least 4 members (excludes halogenated alkanes) is 4. The number of carbonyl (C=O) groups is 5. The Labute approximate surface area is 561 Å². The standard InChI is InChI=1S/C77H86N10O6.Fe/c1-47-78-42-44-87(47)43-26-16-14-15-17-35-64(88)93-46-48-45-63-67(51-29-20-24-33-55(51)85-72(91)76(8,9)10)61-39-38-59(80-61)65(49-27-18-22-31-53(49)83-70(89)74(2,3)4)57-36-37-58(79-57)66(50-28-19-23-32-54(50)84-71(90)75(5,6)7)60-40-41-62(81-60)68(69(48)82-63)52-30-21-25-34-56(52)86-73(92)77(11,12)13;/h18-25,27-34,36-42,44-45H,14-17,26,35,43,46H2,1-13H3,(H6,79,80,81,82,83,84,85,86,89,90,91,92);/q;+2/p-2. The van der Waals surface area contributed by atoms with Crippen molar-refractivity contribution in [1.82, 2.24) is 29.5 Å². The average Bonchev–Trinajstić information content (AvgIpc) is 1.58. The first-order chi connectivity index (χ1) is 44.1. The average molecular weight is 1300 g/mol. The van der Waals surface area contributed by atoms with Gasteiger partial charge in [-0.2, -0.15) is 0 Å². The molecule has 0 atom stereocenters. The molecule has 10 rings (SSSR count). The summed E-state index contributed by atoms with van der Waals surface area (Å²) in [5.74, 6) is -0.207. The molecule has 8 aromatic rings. The van der Waals surface area contributed by atoms with Crippen molar-refractivity contribution < 1.29 is 45.8 Å². The van der Waals surface area contributed by atoms with Crippen molar-refractivity contribution in [2.75, 3.05) is 27.9 Å². The number of aromatic nitrogens is 6. The third-order valence-corrected chi connectivity index (χ3v) is 16.4. The Morgan fingerprint density at radius 2 is 0.819 bits per heavy atom. The van der Waals surface area contributed by atoms with Gasteiger partial charge >= 0.3 is 23.0 Å². The number of rotatable bonds is 18. The molecule has 0 aliphatic carbocycles. The van der Waals surface area contributed by atoms with E-state index in [2.05, 4.69) is 30.8 Å². The molecule has 486 valence electrons. The van der Waals surface area contributed by atoms with Crippen molar-refractivity contribution >= 4 is 98.2 Å². The van der Waals surface area contributed by atoms with Crippen molar-refractivity contribution in [3.8, 4) is 44.5 Å². The first-order valence-corrected chi connectivity index (χ1v) is 32.0. The van der Waals surface area contributed by atoms with Crippen molar-refractivity contribution in [3.63, 3.8) is 0 Å². The minimum Gasteiger partial charge on any atom is -0.657 e. The van der Waals surface area contributed by atoms with Gasteiger partial charge in [0.15, 0.2) is 0 Å². The number of hydrogen-bond acceptors (Lipinski definition) is 9. The maximum atomic E-state index is 14.2. The van der Waals surface area contributed by atoms with Crippen LogP contribution in [0.25, 0.3) is 90.4 Å². The summed E-state index contributed by atoms with van der Waals surface area (Å²) in [4.78, 5) is 97.1. The van der Waals surface area contributed by atoms with Crippen LogP contribution in [0.1, 0.15) is 150 Å². The quantitative estimate of drug-likeness (QED) is 0.0360. The fraction of sp³-hybridized carbons (Fsp3) is 0.325. The van der Waals surface area contributed by atoms with E-state index >= 15 is 0 Å². The number of nitrogens with zero attached hydrogens (tertiary/aromatic N) is 6. The van der Waals surface area contributed by atoms with Gasteiger partial charge in [0, 0.05) is 97.6 Å². The number of nitrogens with one attached hydrogen (secondary N) is 4. The molecule has 4 aromatic carbocycles. The second-order valence-corrected chi connectivity index (χ2v) is 28.0. The Hall–Kier alpha value is -9.44. The van der Waals surface area contributed by atoms with Crippen LogP contribution in [0.4, 0.5) is 22.7 Å². The van der Waals surface area contributed by atoms with E-state index in [9.17, 15) is 24.0 Å². The summed E-state index contributed by atoms with van der Waals surface area (Å²) in [6, 6.07) is 37.9. The number of fused-ring (bicyclic) bond motifs is 8. The van der Waals surface area contributed by atoms with Gasteiger partial charge in [0.05, 0.1) is 22.8 Å². The van der Waals surface area contributed by atoms with Gasteiger partial charge < -0.3 is 40.5 Å². The zero-order valence-corrected chi connectivity index (χ0v) is 57.2. The first kappa shape index (κ1) is 68.9. The van der Waals surface area contributed by atoms with Gasteiger partial charge in [-0.05, 0) is 84.5 Å². The molecule has 6 heterocycles. The molecule has 94 heavy (non-hydrogen) atoms. The van der Waals surface area contributed by atoms with E-state index in [-0.39, 0.29) is 59.7 Å². The third kappa shape index (κ3) is 15.8. The Morgan fingerprint density at radius 3 is 1.21 bits per heavy atom. The predicted octanol–water partition coefficient (Wildman–Crippen LogP) is 17.0. The minimum atomic E-state index is -0.787. The van der Waals surface area contributed by atoms with E-state index in [0.717, 1.165) is 38.1 Å². The van der Waals surface area contributed by atoms with Gasteiger partial charge in [-0.3, -0.25) is 24.0 Å². The van der Waals surface area contributed by atoms with Gasteiger partial charge in [-0.1, -0.05) is 199 Å². The number of ether oxygens (including phenoxy) is 1. The number of para-hydroxylation sites is 4. The van der Waals surface area contributed by atoms with E-state index in [1.54, 1.807) is 0 Å². The van der Waals surface area contributed by atoms with Crippen molar-refractivity contribution in [3.05, 3.63) is 162 Å². The molecule has 0 saturated heterocycles. The van der Waals surface area contributed by atoms with E-state index in [4.69, 9.17) is 24.7 Å².